The van der Waals surface area contributed by atoms with Crippen LogP contribution in [-0.4, -0.2) is 68.5 Å². The Bertz CT molecular complexity index is 931. The number of thiocarbonyl (C=S) groups is 1. The van der Waals surface area contributed by atoms with Gasteiger partial charge in [-0.15, -0.1) is 0 Å². The van der Waals surface area contributed by atoms with Crippen molar-refractivity contribution in [3.05, 3.63) is 59.7 Å². The largest absolute Gasteiger partial charge is 0.490 e. The van der Waals surface area contributed by atoms with Crippen LogP contribution in [0.2, 0.25) is 0 Å². The first-order valence-corrected chi connectivity index (χ1v) is 10.3. The molecule has 3 rings (SSSR count). The van der Waals surface area contributed by atoms with Gasteiger partial charge < -0.3 is 24.4 Å². The smallest absolute Gasteiger partial charge is 0.261 e. The van der Waals surface area contributed by atoms with Crippen molar-refractivity contribution in [1.82, 2.24) is 10.2 Å². The molecule has 0 atom stereocenters. The molecule has 164 valence electrons. The van der Waals surface area contributed by atoms with Gasteiger partial charge in [-0.25, -0.2) is 0 Å². The van der Waals surface area contributed by atoms with E-state index in [2.05, 4.69) is 10.6 Å². The number of hydrogen-bond acceptors (Lipinski definition) is 6. The topological polar surface area (TPSA) is 89.1 Å². The van der Waals surface area contributed by atoms with E-state index in [9.17, 15) is 9.59 Å². The molecule has 9 heteroatoms. The molecule has 2 amide bonds. The van der Waals surface area contributed by atoms with Crippen molar-refractivity contribution in [2.75, 3.05) is 51.9 Å². The van der Waals surface area contributed by atoms with Gasteiger partial charge in [-0.3, -0.25) is 14.9 Å². The van der Waals surface area contributed by atoms with Gasteiger partial charge in [-0.2, -0.15) is 0 Å². The van der Waals surface area contributed by atoms with Crippen molar-refractivity contribution in [2.45, 2.75) is 0 Å². The van der Waals surface area contributed by atoms with Gasteiger partial charge in [0.2, 0.25) is 0 Å². The Labute approximate surface area is 186 Å². The summed E-state index contributed by atoms with van der Waals surface area (Å²) >= 11 is 5.32. The summed E-state index contributed by atoms with van der Waals surface area (Å²) in [6.07, 6.45) is 0. The predicted molar refractivity (Wildman–Crippen MR) is 121 cm³/mol. The number of nitrogens with zero attached hydrogens (tertiary/aromatic N) is 1. The quantitative estimate of drug-likeness (QED) is 0.501. The lowest BCUT2D eigenvalue weighted by atomic mass is 10.1. The molecule has 1 saturated heterocycles. The van der Waals surface area contributed by atoms with Crippen LogP contribution < -0.4 is 15.4 Å². The van der Waals surface area contributed by atoms with Crippen LogP contribution in [0.5, 0.6) is 5.75 Å². The van der Waals surface area contributed by atoms with E-state index in [-0.39, 0.29) is 11.0 Å². The highest BCUT2D eigenvalue weighted by molar-refractivity contribution is 7.80. The average molecular weight is 444 g/mol. The molecule has 0 aliphatic carbocycles. The monoisotopic (exact) mass is 443 g/mol. The number of benzene rings is 2. The van der Waals surface area contributed by atoms with E-state index < -0.39 is 5.91 Å². The van der Waals surface area contributed by atoms with Gasteiger partial charge in [0.1, 0.15) is 12.4 Å². The number of morpholine rings is 1. The Balaban J connectivity index is 1.66. The van der Waals surface area contributed by atoms with Crippen LogP contribution >= 0.6 is 12.2 Å². The van der Waals surface area contributed by atoms with Crippen molar-refractivity contribution < 1.29 is 23.8 Å². The van der Waals surface area contributed by atoms with Crippen LogP contribution in [0.15, 0.2) is 48.5 Å². The third-order valence-corrected chi connectivity index (χ3v) is 4.81. The van der Waals surface area contributed by atoms with E-state index in [1.54, 1.807) is 60.5 Å². The molecule has 0 aromatic heterocycles. The lowest BCUT2D eigenvalue weighted by Gasteiger charge is -2.27. The molecule has 0 bridgehead atoms. The summed E-state index contributed by atoms with van der Waals surface area (Å²) in [6.45, 7) is 2.83. The fourth-order valence-corrected chi connectivity index (χ4v) is 3.26. The summed E-state index contributed by atoms with van der Waals surface area (Å²) in [5, 5.41) is 5.69. The highest BCUT2D eigenvalue weighted by Gasteiger charge is 2.21. The predicted octanol–water partition coefficient (Wildman–Crippen LogP) is 2.31. The summed E-state index contributed by atoms with van der Waals surface area (Å²) in [7, 11) is 1.58. The molecule has 2 N–H and O–H groups in total. The molecule has 0 saturated carbocycles. The van der Waals surface area contributed by atoms with E-state index in [0.29, 0.717) is 62.1 Å². The van der Waals surface area contributed by atoms with Crippen LogP contribution in [0.25, 0.3) is 0 Å². The first-order chi connectivity index (χ1) is 15.1. The number of ether oxygens (including phenoxy) is 3. The standard InChI is InChI=1S/C22H25N3O5S/c1-28-14-15-30-19-9-5-3-7-17(19)20(26)24-22(31)23-18-8-4-2-6-16(18)21(27)25-10-12-29-13-11-25/h2-9H,10-15H2,1H3,(H2,23,24,26,31). The molecule has 31 heavy (non-hydrogen) atoms. The molecule has 1 aliphatic rings. The molecule has 1 fully saturated rings. The second kappa shape index (κ2) is 11.4. The molecule has 8 nitrogen and oxygen atoms in total. The van der Waals surface area contributed by atoms with Gasteiger partial charge in [0, 0.05) is 20.2 Å². The van der Waals surface area contributed by atoms with Crippen molar-refractivity contribution in [1.29, 1.82) is 0 Å². The van der Waals surface area contributed by atoms with E-state index >= 15 is 0 Å². The zero-order valence-corrected chi connectivity index (χ0v) is 18.1. The number of anilines is 1. The molecule has 2 aromatic rings. The Hall–Kier alpha value is -3.01. The van der Waals surface area contributed by atoms with Crippen LogP contribution in [0, 0.1) is 0 Å². The molecular formula is C22H25N3O5S. The molecular weight excluding hydrogens is 418 g/mol. The molecule has 0 unspecified atom stereocenters. The van der Waals surface area contributed by atoms with E-state index in [1.807, 2.05) is 0 Å². The van der Waals surface area contributed by atoms with Crippen molar-refractivity contribution in [3.8, 4) is 5.75 Å². The number of methoxy groups -OCH3 is 1. The van der Waals surface area contributed by atoms with Crippen LogP contribution in [0.1, 0.15) is 20.7 Å². The van der Waals surface area contributed by atoms with Gasteiger partial charge in [-0.05, 0) is 36.5 Å². The third kappa shape index (κ3) is 6.24. The van der Waals surface area contributed by atoms with E-state index in [1.165, 1.54) is 0 Å². The van der Waals surface area contributed by atoms with Crippen LogP contribution in [0.4, 0.5) is 5.69 Å². The molecule has 1 heterocycles. The fraction of sp³-hybridized carbons (Fsp3) is 0.318. The average Bonchev–Trinajstić information content (AvgIpc) is 2.80. The highest BCUT2D eigenvalue weighted by Crippen LogP contribution is 2.20. The summed E-state index contributed by atoms with van der Waals surface area (Å²) < 4.78 is 15.9. The second-order valence-electron chi connectivity index (χ2n) is 6.70. The lowest BCUT2D eigenvalue weighted by Crippen LogP contribution is -2.41. The summed E-state index contributed by atoms with van der Waals surface area (Å²) in [4.78, 5) is 27.3. The molecule has 0 spiro atoms. The maximum atomic E-state index is 12.9. The summed E-state index contributed by atoms with van der Waals surface area (Å²) in [5.74, 6) is -0.0948. The van der Waals surface area contributed by atoms with Gasteiger partial charge >= 0.3 is 0 Å². The minimum atomic E-state index is -0.414. The van der Waals surface area contributed by atoms with E-state index in [4.69, 9.17) is 26.4 Å². The third-order valence-electron chi connectivity index (χ3n) is 4.61. The molecule has 1 aliphatic heterocycles. The van der Waals surface area contributed by atoms with Gasteiger partial charge in [-0.1, -0.05) is 24.3 Å². The zero-order valence-electron chi connectivity index (χ0n) is 17.3. The normalized spacial score (nSPS) is 13.4. The minimum Gasteiger partial charge on any atom is -0.490 e. The van der Waals surface area contributed by atoms with Crippen molar-refractivity contribution in [2.24, 2.45) is 0 Å². The van der Waals surface area contributed by atoms with Gasteiger partial charge in [0.25, 0.3) is 11.8 Å². The second-order valence-corrected chi connectivity index (χ2v) is 7.10. The molecule has 2 aromatic carbocycles. The van der Waals surface area contributed by atoms with Gasteiger partial charge in [0.15, 0.2) is 5.11 Å². The number of nitrogens with one attached hydrogen (secondary N) is 2. The van der Waals surface area contributed by atoms with Crippen molar-refractivity contribution in [3.63, 3.8) is 0 Å². The zero-order chi connectivity index (χ0) is 22.1. The Morgan fingerprint density at radius 2 is 1.71 bits per heavy atom. The van der Waals surface area contributed by atoms with E-state index in [0.717, 1.165) is 0 Å². The Kier molecular flexibility index (Phi) is 8.34. The van der Waals surface area contributed by atoms with Gasteiger partial charge in [0.05, 0.1) is 36.6 Å². The number of carbonyl (C=O) groups excluding carboxylic acids is 2. The number of para-hydroxylation sites is 2. The Morgan fingerprint density at radius 1 is 1.03 bits per heavy atom. The summed E-state index contributed by atoms with van der Waals surface area (Å²) in [6, 6.07) is 13.9. The SMILES string of the molecule is COCCOc1ccccc1C(=O)NC(=S)Nc1ccccc1C(=O)N1CCOCC1. The number of hydrogen-bond donors (Lipinski definition) is 2. The number of carbonyl (C=O) groups is 2. The first kappa shape index (κ1) is 22.7. The maximum absolute atomic E-state index is 12.9. The molecule has 0 radical (unpaired) electrons. The summed E-state index contributed by atoms with van der Waals surface area (Å²) in [5.41, 5.74) is 1.35. The maximum Gasteiger partial charge on any atom is 0.261 e. The number of rotatable bonds is 7. The highest BCUT2D eigenvalue weighted by atomic mass is 32.1. The fourth-order valence-electron chi connectivity index (χ4n) is 3.05. The first-order valence-electron chi connectivity index (χ1n) is 9.89. The van der Waals surface area contributed by atoms with Crippen LogP contribution in [-0.2, 0) is 9.47 Å². The minimum absolute atomic E-state index is 0.0823. The lowest BCUT2D eigenvalue weighted by molar-refractivity contribution is 0.0303. The Morgan fingerprint density at radius 3 is 2.45 bits per heavy atom. The van der Waals surface area contributed by atoms with Crippen molar-refractivity contribution >= 4 is 34.8 Å². The number of amides is 2. The van der Waals surface area contributed by atoms with Crippen LogP contribution in [0.3, 0.4) is 0 Å².